The lowest BCUT2D eigenvalue weighted by molar-refractivity contribution is 0.410. The zero-order valence-electron chi connectivity index (χ0n) is 18.5. The Kier molecular flexibility index (Phi) is 5.62. The van der Waals surface area contributed by atoms with Crippen molar-refractivity contribution in [3.05, 3.63) is 83.1 Å². The van der Waals surface area contributed by atoms with E-state index in [4.69, 9.17) is 9.72 Å². The van der Waals surface area contributed by atoms with Crippen LogP contribution in [-0.2, 0) is 19.4 Å². The van der Waals surface area contributed by atoms with Crippen molar-refractivity contribution in [3.63, 3.8) is 0 Å². The first-order valence-corrected chi connectivity index (χ1v) is 10.9. The summed E-state index contributed by atoms with van der Waals surface area (Å²) >= 11 is 0. The van der Waals surface area contributed by atoms with Gasteiger partial charge >= 0.3 is 0 Å². The summed E-state index contributed by atoms with van der Waals surface area (Å²) in [5, 5.41) is 4.63. The minimum atomic E-state index is -0.833. The summed E-state index contributed by atoms with van der Waals surface area (Å²) < 4.78 is 37.4. The standard InChI is InChI=1S/C24H24F2N6O/c1-15-13-31(14-28-15)24-20(33-2)11-16(12-27-24)8-9-21-29-23-18(6-4-10-32(23)30-21)17-5-3-7-19(25)22(17)26/h3,5,7,11-14,18H,4,6,8-10H2,1-2H3/t18-/m0/s1. The lowest BCUT2D eigenvalue weighted by Gasteiger charge is -2.22. The summed E-state index contributed by atoms with van der Waals surface area (Å²) in [4.78, 5) is 13.5. The number of aryl methyl sites for hydroxylation is 4. The molecule has 7 nitrogen and oxygen atoms in total. The van der Waals surface area contributed by atoms with Crippen LogP contribution in [0.25, 0.3) is 5.82 Å². The van der Waals surface area contributed by atoms with E-state index in [1.165, 1.54) is 0 Å². The van der Waals surface area contributed by atoms with E-state index < -0.39 is 11.6 Å². The number of imidazole rings is 1. The van der Waals surface area contributed by atoms with Crippen molar-refractivity contribution < 1.29 is 13.5 Å². The first kappa shape index (κ1) is 21.2. The van der Waals surface area contributed by atoms with E-state index in [0.29, 0.717) is 41.6 Å². The summed E-state index contributed by atoms with van der Waals surface area (Å²) in [6, 6.07) is 6.27. The first-order chi connectivity index (χ1) is 16.0. The number of hydrogen-bond acceptors (Lipinski definition) is 5. The molecule has 1 aliphatic heterocycles. The van der Waals surface area contributed by atoms with Crippen molar-refractivity contribution in [1.29, 1.82) is 0 Å². The molecule has 0 bridgehead atoms. The van der Waals surface area contributed by atoms with Crippen LogP contribution in [0.15, 0.2) is 43.0 Å². The van der Waals surface area contributed by atoms with Crippen LogP contribution in [0, 0.1) is 18.6 Å². The van der Waals surface area contributed by atoms with Gasteiger partial charge in [-0.2, -0.15) is 5.10 Å². The van der Waals surface area contributed by atoms with Gasteiger partial charge in [-0.15, -0.1) is 0 Å². The monoisotopic (exact) mass is 450 g/mol. The third kappa shape index (κ3) is 4.10. The van der Waals surface area contributed by atoms with E-state index >= 15 is 0 Å². The minimum Gasteiger partial charge on any atom is -0.493 e. The number of hydrogen-bond donors (Lipinski definition) is 0. The van der Waals surface area contributed by atoms with Crippen molar-refractivity contribution in [2.45, 2.75) is 45.1 Å². The maximum atomic E-state index is 14.4. The highest BCUT2D eigenvalue weighted by molar-refractivity contribution is 5.42. The average molecular weight is 450 g/mol. The summed E-state index contributed by atoms with van der Waals surface area (Å²) in [5.74, 6) is 0.785. The summed E-state index contributed by atoms with van der Waals surface area (Å²) in [6.07, 6.45) is 8.25. The van der Waals surface area contributed by atoms with Crippen molar-refractivity contribution in [2.24, 2.45) is 0 Å². The molecular formula is C24H24F2N6O. The molecule has 9 heteroatoms. The normalized spacial score (nSPS) is 15.5. The first-order valence-electron chi connectivity index (χ1n) is 10.9. The molecule has 1 atom stereocenters. The van der Waals surface area contributed by atoms with E-state index in [9.17, 15) is 8.78 Å². The molecule has 0 fully saturated rings. The predicted octanol–water partition coefficient (Wildman–Crippen LogP) is 4.16. The third-order valence-corrected chi connectivity index (χ3v) is 5.98. The van der Waals surface area contributed by atoms with Crippen LogP contribution in [0.3, 0.4) is 0 Å². The second kappa shape index (κ2) is 8.73. The van der Waals surface area contributed by atoms with Crippen molar-refractivity contribution >= 4 is 0 Å². The fraction of sp³-hybridized carbons (Fsp3) is 0.333. The molecule has 0 aliphatic carbocycles. The minimum absolute atomic E-state index is 0.296. The van der Waals surface area contributed by atoms with Gasteiger partial charge in [0.25, 0.3) is 0 Å². The Morgan fingerprint density at radius 2 is 2.06 bits per heavy atom. The number of benzene rings is 1. The van der Waals surface area contributed by atoms with Gasteiger partial charge in [0.2, 0.25) is 0 Å². The molecule has 3 aromatic heterocycles. The molecule has 33 heavy (non-hydrogen) atoms. The largest absolute Gasteiger partial charge is 0.493 e. The van der Waals surface area contributed by atoms with Gasteiger partial charge in [-0.1, -0.05) is 12.1 Å². The molecule has 1 aromatic carbocycles. The fourth-order valence-electron chi connectivity index (χ4n) is 4.34. The molecule has 4 aromatic rings. The second-order valence-electron chi connectivity index (χ2n) is 8.24. The van der Waals surface area contributed by atoms with Gasteiger partial charge in [-0.25, -0.2) is 28.4 Å². The van der Waals surface area contributed by atoms with E-state index in [-0.39, 0.29) is 5.92 Å². The Balaban J connectivity index is 1.35. The zero-order chi connectivity index (χ0) is 22.9. The van der Waals surface area contributed by atoms with Gasteiger partial charge in [0.1, 0.15) is 12.2 Å². The Labute approximate surface area is 190 Å². The summed E-state index contributed by atoms with van der Waals surface area (Å²) in [7, 11) is 1.62. The van der Waals surface area contributed by atoms with Gasteiger partial charge in [-0.05, 0) is 43.9 Å². The highest BCUT2D eigenvalue weighted by Gasteiger charge is 2.28. The summed E-state index contributed by atoms with van der Waals surface area (Å²) in [6.45, 7) is 2.65. The number of halogens is 2. The fourth-order valence-corrected chi connectivity index (χ4v) is 4.34. The predicted molar refractivity (Wildman–Crippen MR) is 118 cm³/mol. The van der Waals surface area contributed by atoms with Crippen LogP contribution < -0.4 is 4.74 Å². The molecule has 0 amide bonds. The SMILES string of the molecule is COc1cc(CCc2nc3n(n2)CCC[C@H]3c2cccc(F)c2F)cnc1-n1cnc(C)c1. The van der Waals surface area contributed by atoms with E-state index in [1.807, 2.05) is 34.6 Å². The molecule has 1 aliphatic rings. The molecule has 170 valence electrons. The molecule has 0 unspecified atom stereocenters. The van der Waals surface area contributed by atoms with Gasteiger partial charge in [0.05, 0.1) is 12.8 Å². The molecule has 0 saturated heterocycles. The summed E-state index contributed by atoms with van der Waals surface area (Å²) in [5.41, 5.74) is 2.23. The Morgan fingerprint density at radius 1 is 1.18 bits per heavy atom. The highest BCUT2D eigenvalue weighted by Crippen LogP contribution is 2.34. The maximum absolute atomic E-state index is 14.4. The number of aromatic nitrogens is 6. The van der Waals surface area contributed by atoms with Crippen molar-refractivity contribution in [2.75, 3.05) is 7.11 Å². The van der Waals surface area contributed by atoms with Gasteiger partial charge in [0, 0.05) is 36.8 Å². The lowest BCUT2D eigenvalue weighted by Crippen LogP contribution is -2.19. The molecule has 0 saturated carbocycles. The molecule has 0 spiro atoms. The number of pyridine rings is 1. The van der Waals surface area contributed by atoms with Crippen LogP contribution in [0.1, 0.15) is 47.2 Å². The third-order valence-electron chi connectivity index (χ3n) is 5.98. The van der Waals surface area contributed by atoms with Crippen LogP contribution in [-0.4, -0.2) is 36.4 Å². The number of ether oxygens (including phenoxy) is 1. The lowest BCUT2D eigenvalue weighted by atomic mass is 9.90. The molecule has 4 heterocycles. The maximum Gasteiger partial charge on any atom is 0.180 e. The molecule has 0 N–H and O–H groups in total. The van der Waals surface area contributed by atoms with E-state index in [0.717, 1.165) is 36.7 Å². The van der Waals surface area contributed by atoms with E-state index in [2.05, 4.69) is 15.1 Å². The number of nitrogens with zero attached hydrogens (tertiary/aromatic N) is 6. The molecular weight excluding hydrogens is 426 g/mol. The number of rotatable bonds is 6. The van der Waals surface area contributed by atoms with Crippen molar-refractivity contribution in [3.8, 4) is 11.6 Å². The average Bonchev–Trinajstić information content (AvgIpc) is 3.45. The Hall–Kier alpha value is -3.62. The van der Waals surface area contributed by atoms with Crippen LogP contribution in [0.4, 0.5) is 8.78 Å². The van der Waals surface area contributed by atoms with Crippen LogP contribution in [0.2, 0.25) is 0 Å². The molecule has 0 radical (unpaired) electrons. The topological polar surface area (TPSA) is 70.7 Å². The van der Waals surface area contributed by atoms with Crippen LogP contribution >= 0.6 is 0 Å². The zero-order valence-corrected chi connectivity index (χ0v) is 18.5. The van der Waals surface area contributed by atoms with Crippen LogP contribution in [0.5, 0.6) is 5.75 Å². The Bertz CT molecular complexity index is 1300. The van der Waals surface area contributed by atoms with Crippen molar-refractivity contribution in [1.82, 2.24) is 29.3 Å². The van der Waals surface area contributed by atoms with Gasteiger partial charge < -0.3 is 4.74 Å². The highest BCUT2D eigenvalue weighted by atomic mass is 19.2. The number of fused-ring (bicyclic) bond motifs is 1. The molecule has 5 rings (SSSR count). The Morgan fingerprint density at radius 3 is 2.85 bits per heavy atom. The van der Waals surface area contributed by atoms with E-state index in [1.54, 1.807) is 25.6 Å². The quantitative estimate of drug-likeness (QED) is 0.441. The smallest absolute Gasteiger partial charge is 0.180 e. The second-order valence-corrected chi connectivity index (χ2v) is 8.24. The number of methoxy groups -OCH3 is 1. The van der Waals surface area contributed by atoms with Gasteiger partial charge in [0.15, 0.2) is 29.0 Å². The van der Waals surface area contributed by atoms with Gasteiger partial charge in [-0.3, -0.25) is 4.57 Å².